The zero-order valence-electron chi connectivity index (χ0n) is 16.2. The zero-order valence-corrected chi connectivity index (χ0v) is 17.8. The minimum Gasteiger partial charge on any atom is -0.497 e. The molecule has 0 saturated heterocycles. The number of aromatic nitrogens is 4. The van der Waals surface area contributed by atoms with Gasteiger partial charge in [0.25, 0.3) is 0 Å². The highest BCUT2D eigenvalue weighted by Gasteiger charge is 2.17. The fourth-order valence-corrected chi connectivity index (χ4v) is 4.22. The minimum absolute atomic E-state index is 0.0550. The number of hydrogen-bond donors (Lipinski definition) is 1. The van der Waals surface area contributed by atoms with Gasteiger partial charge in [0.2, 0.25) is 5.91 Å². The molecular weight excluding hydrogens is 418 g/mol. The van der Waals surface area contributed by atoms with Crippen LogP contribution in [0.2, 0.25) is 0 Å². The number of hydrogen-bond acceptors (Lipinski definition) is 7. The molecule has 0 radical (unpaired) electrons. The van der Waals surface area contributed by atoms with E-state index in [9.17, 15) is 4.79 Å². The van der Waals surface area contributed by atoms with Gasteiger partial charge in [-0.2, -0.15) is 0 Å². The standard InChI is InChI=1S/C21H19N5O2S2/c1-28-17-8-6-16(7-9-17)26-20(15-4-2-10-22-12-15)24-25-21(26)30-14-19(27)23-13-18-5-3-11-29-18/h2-12H,13-14H2,1H3,(H,23,27). The molecule has 4 aromatic rings. The molecule has 1 N–H and O–H groups in total. The fourth-order valence-electron chi connectivity index (χ4n) is 2.79. The molecule has 0 atom stereocenters. The maximum atomic E-state index is 12.3. The lowest BCUT2D eigenvalue weighted by molar-refractivity contribution is -0.118. The van der Waals surface area contributed by atoms with E-state index in [2.05, 4.69) is 20.5 Å². The average Bonchev–Trinajstić information content (AvgIpc) is 3.47. The quantitative estimate of drug-likeness (QED) is 0.422. The highest BCUT2D eigenvalue weighted by Crippen LogP contribution is 2.28. The Morgan fingerprint density at radius 3 is 2.73 bits per heavy atom. The first-order chi connectivity index (χ1) is 14.7. The molecule has 1 aromatic carbocycles. The Balaban J connectivity index is 1.56. The Kier molecular flexibility index (Phi) is 6.41. The summed E-state index contributed by atoms with van der Waals surface area (Å²) in [5, 5.41) is 14.3. The summed E-state index contributed by atoms with van der Waals surface area (Å²) >= 11 is 2.96. The van der Waals surface area contributed by atoms with Gasteiger partial charge in [-0.25, -0.2) is 0 Å². The number of amides is 1. The number of carbonyl (C=O) groups excluding carboxylic acids is 1. The zero-order chi connectivity index (χ0) is 20.8. The molecule has 0 bridgehead atoms. The Morgan fingerprint density at radius 1 is 1.17 bits per heavy atom. The van der Waals surface area contributed by atoms with Gasteiger partial charge in [-0.3, -0.25) is 14.3 Å². The lowest BCUT2D eigenvalue weighted by Gasteiger charge is -2.11. The van der Waals surface area contributed by atoms with Gasteiger partial charge in [0.05, 0.1) is 19.4 Å². The molecule has 1 amide bonds. The van der Waals surface area contributed by atoms with Crippen LogP contribution in [0.1, 0.15) is 4.88 Å². The second-order valence-electron chi connectivity index (χ2n) is 6.23. The molecule has 30 heavy (non-hydrogen) atoms. The molecule has 0 spiro atoms. The van der Waals surface area contributed by atoms with Crippen molar-refractivity contribution in [3.63, 3.8) is 0 Å². The molecular formula is C21H19N5O2S2. The van der Waals surface area contributed by atoms with Gasteiger partial charge >= 0.3 is 0 Å². The number of nitrogens with zero attached hydrogens (tertiary/aromatic N) is 4. The van der Waals surface area contributed by atoms with E-state index in [1.165, 1.54) is 11.8 Å². The molecule has 0 fully saturated rings. The number of ether oxygens (including phenoxy) is 1. The summed E-state index contributed by atoms with van der Waals surface area (Å²) in [4.78, 5) is 17.6. The number of nitrogens with one attached hydrogen (secondary N) is 1. The van der Waals surface area contributed by atoms with E-state index in [0.29, 0.717) is 17.5 Å². The molecule has 4 rings (SSSR count). The van der Waals surface area contributed by atoms with E-state index in [-0.39, 0.29) is 11.7 Å². The van der Waals surface area contributed by atoms with Crippen molar-refractivity contribution in [1.82, 2.24) is 25.1 Å². The Bertz CT molecular complexity index is 1100. The van der Waals surface area contributed by atoms with Crippen LogP contribution in [0.4, 0.5) is 0 Å². The first-order valence-corrected chi connectivity index (χ1v) is 11.0. The Hall–Kier alpha value is -3.17. The highest BCUT2D eigenvalue weighted by molar-refractivity contribution is 7.99. The van der Waals surface area contributed by atoms with Gasteiger partial charge in [0, 0.05) is 28.5 Å². The molecule has 3 heterocycles. The smallest absolute Gasteiger partial charge is 0.230 e. The van der Waals surface area contributed by atoms with Crippen LogP contribution in [-0.2, 0) is 11.3 Å². The van der Waals surface area contributed by atoms with Crippen LogP contribution in [0.5, 0.6) is 5.75 Å². The second-order valence-corrected chi connectivity index (χ2v) is 8.20. The number of thiophene rings is 1. The molecule has 3 aromatic heterocycles. The van der Waals surface area contributed by atoms with Crippen molar-refractivity contribution < 1.29 is 9.53 Å². The van der Waals surface area contributed by atoms with Crippen molar-refractivity contribution in [2.75, 3.05) is 12.9 Å². The van der Waals surface area contributed by atoms with Gasteiger partial charge in [-0.15, -0.1) is 21.5 Å². The monoisotopic (exact) mass is 437 g/mol. The van der Waals surface area contributed by atoms with E-state index in [1.54, 1.807) is 30.8 Å². The largest absolute Gasteiger partial charge is 0.497 e. The third-order valence-electron chi connectivity index (χ3n) is 4.26. The summed E-state index contributed by atoms with van der Waals surface area (Å²) in [6.07, 6.45) is 3.46. The van der Waals surface area contributed by atoms with E-state index in [1.807, 2.05) is 58.5 Å². The summed E-state index contributed by atoms with van der Waals surface area (Å²) in [7, 11) is 1.63. The maximum Gasteiger partial charge on any atom is 0.230 e. The maximum absolute atomic E-state index is 12.3. The molecule has 0 aliphatic rings. The number of pyridine rings is 1. The predicted molar refractivity (Wildman–Crippen MR) is 118 cm³/mol. The van der Waals surface area contributed by atoms with Gasteiger partial charge in [0.15, 0.2) is 11.0 Å². The van der Waals surface area contributed by atoms with Gasteiger partial charge in [-0.1, -0.05) is 17.8 Å². The predicted octanol–water partition coefficient (Wildman–Crippen LogP) is 3.81. The van der Waals surface area contributed by atoms with E-state index in [0.717, 1.165) is 21.9 Å². The van der Waals surface area contributed by atoms with Crippen LogP contribution >= 0.6 is 23.1 Å². The second kappa shape index (κ2) is 9.55. The topological polar surface area (TPSA) is 81.9 Å². The molecule has 0 unspecified atom stereocenters. The number of thioether (sulfide) groups is 1. The fraction of sp³-hybridized carbons (Fsp3) is 0.143. The summed E-state index contributed by atoms with van der Waals surface area (Å²) in [6.45, 7) is 0.531. The number of benzene rings is 1. The number of rotatable bonds is 8. The molecule has 0 aliphatic carbocycles. The van der Waals surface area contributed by atoms with Crippen LogP contribution in [0.3, 0.4) is 0 Å². The van der Waals surface area contributed by atoms with Crippen LogP contribution in [0.15, 0.2) is 71.5 Å². The van der Waals surface area contributed by atoms with Crippen LogP contribution in [0, 0.1) is 0 Å². The number of methoxy groups -OCH3 is 1. The lowest BCUT2D eigenvalue weighted by atomic mass is 10.2. The first-order valence-electron chi connectivity index (χ1n) is 9.16. The van der Waals surface area contributed by atoms with Crippen molar-refractivity contribution in [3.05, 3.63) is 71.2 Å². The van der Waals surface area contributed by atoms with Gasteiger partial charge in [-0.05, 0) is 47.8 Å². The number of carbonyl (C=O) groups is 1. The summed E-state index contributed by atoms with van der Waals surface area (Å²) in [6, 6.07) is 15.4. The molecule has 0 saturated carbocycles. The van der Waals surface area contributed by atoms with Crippen molar-refractivity contribution in [2.24, 2.45) is 0 Å². The van der Waals surface area contributed by atoms with Crippen molar-refractivity contribution >= 4 is 29.0 Å². The van der Waals surface area contributed by atoms with Crippen molar-refractivity contribution in [2.45, 2.75) is 11.7 Å². The normalized spacial score (nSPS) is 10.7. The molecule has 152 valence electrons. The van der Waals surface area contributed by atoms with Gasteiger partial charge in [0.1, 0.15) is 5.75 Å². The highest BCUT2D eigenvalue weighted by atomic mass is 32.2. The van der Waals surface area contributed by atoms with Crippen LogP contribution in [0.25, 0.3) is 17.1 Å². The minimum atomic E-state index is -0.0550. The average molecular weight is 438 g/mol. The SMILES string of the molecule is COc1ccc(-n2c(SCC(=O)NCc3cccs3)nnc2-c2cccnc2)cc1. The third kappa shape index (κ3) is 4.69. The molecule has 7 nitrogen and oxygen atoms in total. The lowest BCUT2D eigenvalue weighted by Crippen LogP contribution is -2.24. The van der Waals surface area contributed by atoms with Gasteiger partial charge < -0.3 is 10.1 Å². The van der Waals surface area contributed by atoms with Crippen molar-refractivity contribution in [3.8, 4) is 22.8 Å². The van der Waals surface area contributed by atoms with E-state index < -0.39 is 0 Å². The molecule has 0 aliphatic heterocycles. The summed E-state index contributed by atoms with van der Waals surface area (Å²) < 4.78 is 7.18. The first kappa shape index (κ1) is 20.1. The third-order valence-corrected chi connectivity index (χ3v) is 6.06. The Labute approximate surface area is 182 Å². The van der Waals surface area contributed by atoms with Crippen LogP contribution in [-0.4, -0.2) is 38.5 Å². The molecule has 9 heteroatoms. The summed E-state index contributed by atoms with van der Waals surface area (Å²) in [5.41, 5.74) is 1.72. The Morgan fingerprint density at radius 2 is 2.03 bits per heavy atom. The van der Waals surface area contributed by atoms with Crippen LogP contribution < -0.4 is 10.1 Å². The van der Waals surface area contributed by atoms with Crippen molar-refractivity contribution in [1.29, 1.82) is 0 Å². The van der Waals surface area contributed by atoms with E-state index in [4.69, 9.17) is 4.74 Å². The van der Waals surface area contributed by atoms with E-state index >= 15 is 0 Å². The summed E-state index contributed by atoms with van der Waals surface area (Å²) in [5.74, 6) is 1.61.